The molecule has 2 atom stereocenters. The van der Waals surface area contributed by atoms with Crippen LogP contribution in [0.1, 0.15) is 393 Å². The Morgan fingerprint density at radius 3 is 0.922 bits per heavy atom. The van der Waals surface area contributed by atoms with Gasteiger partial charge >= 0.3 is 5.97 Å². The minimum Gasteiger partial charge on any atom is -0.466 e. The number of hydrogen-bond donors (Lipinski definition) is 3. The van der Waals surface area contributed by atoms with Crippen molar-refractivity contribution in [2.45, 2.75) is 405 Å². The number of rotatable bonds is 66. The van der Waals surface area contributed by atoms with Crippen LogP contribution in [0.5, 0.6) is 0 Å². The number of ether oxygens (including phenoxy) is 1. The third-order valence-electron chi connectivity index (χ3n) is 16.5. The Bertz CT molecular complexity index is 1200. The SMILES string of the molecule is CCCCCCCCC/C=C\CCCCCCCC(=O)OCCCCCCCCCCCCCCCCCCCCCC(=O)NC(CO)C(O)/C=C/CCCCCCCCCCCCCCCCCCCCCCCCC. The van der Waals surface area contributed by atoms with E-state index in [0.29, 0.717) is 19.4 Å². The fourth-order valence-electron chi connectivity index (χ4n) is 11.1. The fraction of sp³-hybridized carbons (Fsp3) is 0.915. The molecule has 0 radical (unpaired) electrons. The van der Waals surface area contributed by atoms with Gasteiger partial charge in [0, 0.05) is 12.8 Å². The minimum atomic E-state index is -0.848. The van der Waals surface area contributed by atoms with Crippen LogP contribution < -0.4 is 5.32 Å². The van der Waals surface area contributed by atoms with E-state index in [2.05, 4.69) is 31.3 Å². The summed E-state index contributed by atoms with van der Waals surface area (Å²) in [5.74, 6) is -0.0645. The standard InChI is InChI=1S/C71H137NO5/c1-3-5-7-9-11-13-15-17-19-21-22-23-24-25-26-27-29-32-35-39-43-47-51-55-59-63-69(74)68(67-73)72-70(75)64-60-56-52-48-44-40-36-33-30-28-31-34-38-42-46-50-54-58-62-66-77-71(76)65-61-57-53-49-45-41-37-20-18-16-14-12-10-8-6-4-2/h20,37,59,63,68-69,73-74H,3-19,21-36,38-58,60-62,64-67H2,1-2H3,(H,72,75)/b37-20-,63-59+. The normalized spacial score (nSPS) is 12.6. The molecule has 6 nitrogen and oxygen atoms in total. The van der Waals surface area contributed by atoms with Crippen molar-refractivity contribution >= 4 is 11.9 Å². The highest BCUT2D eigenvalue weighted by Crippen LogP contribution is 2.19. The van der Waals surface area contributed by atoms with Crippen LogP contribution in [-0.2, 0) is 14.3 Å². The lowest BCUT2D eigenvalue weighted by Crippen LogP contribution is -2.45. The van der Waals surface area contributed by atoms with Crippen molar-refractivity contribution in [2.24, 2.45) is 0 Å². The van der Waals surface area contributed by atoms with Gasteiger partial charge in [0.2, 0.25) is 5.91 Å². The van der Waals surface area contributed by atoms with Crippen LogP contribution in [0.15, 0.2) is 24.3 Å². The van der Waals surface area contributed by atoms with Gasteiger partial charge in [-0.25, -0.2) is 0 Å². The predicted octanol–water partition coefficient (Wildman–Crippen LogP) is 22.5. The molecule has 0 aliphatic rings. The van der Waals surface area contributed by atoms with Gasteiger partial charge in [0.15, 0.2) is 0 Å². The Morgan fingerprint density at radius 1 is 0.351 bits per heavy atom. The third-order valence-corrected chi connectivity index (χ3v) is 16.5. The van der Waals surface area contributed by atoms with Crippen LogP contribution in [0, 0.1) is 0 Å². The molecule has 0 aliphatic heterocycles. The highest BCUT2D eigenvalue weighted by Gasteiger charge is 2.18. The summed E-state index contributed by atoms with van der Waals surface area (Å²) >= 11 is 0. The summed E-state index contributed by atoms with van der Waals surface area (Å²) in [6, 6.07) is -0.632. The molecule has 2 unspecified atom stereocenters. The Hall–Kier alpha value is -1.66. The van der Waals surface area contributed by atoms with Crippen LogP contribution in [0.25, 0.3) is 0 Å². The van der Waals surface area contributed by atoms with Gasteiger partial charge in [-0.1, -0.05) is 346 Å². The number of esters is 1. The van der Waals surface area contributed by atoms with E-state index >= 15 is 0 Å². The topological polar surface area (TPSA) is 95.9 Å². The van der Waals surface area contributed by atoms with Gasteiger partial charge < -0.3 is 20.3 Å². The van der Waals surface area contributed by atoms with Crippen LogP contribution in [-0.4, -0.2) is 47.4 Å². The summed E-state index contributed by atoms with van der Waals surface area (Å²) in [4.78, 5) is 24.6. The zero-order valence-corrected chi connectivity index (χ0v) is 52.2. The van der Waals surface area contributed by atoms with Crippen LogP contribution >= 0.6 is 0 Å². The first-order valence-electron chi connectivity index (χ1n) is 35.1. The van der Waals surface area contributed by atoms with Crippen molar-refractivity contribution in [3.05, 3.63) is 24.3 Å². The van der Waals surface area contributed by atoms with Crippen molar-refractivity contribution in [3.63, 3.8) is 0 Å². The van der Waals surface area contributed by atoms with Gasteiger partial charge in [0.05, 0.1) is 25.4 Å². The van der Waals surface area contributed by atoms with Crippen LogP contribution in [0.2, 0.25) is 0 Å². The second-order valence-corrected chi connectivity index (χ2v) is 24.2. The molecule has 0 spiro atoms. The zero-order chi connectivity index (χ0) is 55.7. The highest BCUT2D eigenvalue weighted by molar-refractivity contribution is 5.76. The molecule has 6 heteroatoms. The van der Waals surface area contributed by atoms with E-state index < -0.39 is 12.1 Å². The average Bonchev–Trinajstić information content (AvgIpc) is 3.43. The van der Waals surface area contributed by atoms with E-state index in [-0.39, 0.29) is 18.5 Å². The van der Waals surface area contributed by atoms with Gasteiger partial charge in [0.1, 0.15) is 0 Å². The highest BCUT2D eigenvalue weighted by atomic mass is 16.5. The number of aliphatic hydroxyl groups is 2. The molecule has 0 bridgehead atoms. The lowest BCUT2D eigenvalue weighted by molar-refractivity contribution is -0.143. The molecule has 1 amide bonds. The second kappa shape index (κ2) is 66.8. The molecule has 0 fully saturated rings. The molecule has 0 rings (SSSR count). The summed E-state index contributed by atoms with van der Waals surface area (Å²) in [5, 5.41) is 23.3. The molecule has 77 heavy (non-hydrogen) atoms. The van der Waals surface area contributed by atoms with Crippen molar-refractivity contribution in [1.29, 1.82) is 0 Å². The average molecular weight is 1080 g/mol. The Labute approximate surface area is 481 Å². The second-order valence-electron chi connectivity index (χ2n) is 24.2. The lowest BCUT2D eigenvalue weighted by atomic mass is 10.0. The number of amides is 1. The molecule has 456 valence electrons. The van der Waals surface area contributed by atoms with E-state index in [1.54, 1.807) is 6.08 Å². The van der Waals surface area contributed by atoms with Gasteiger partial charge in [0.25, 0.3) is 0 Å². The summed E-state index contributed by atoms with van der Waals surface area (Å²) in [6.07, 6.45) is 83.9. The van der Waals surface area contributed by atoms with E-state index in [1.807, 2.05) is 6.08 Å². The van der Waals surface area contributed by atoms with E-state index in [1.165, 1.54) is 321 Å². The van der Waals surface area contributed by atoms with Gasteiger partial charge in [-0.05, 0) is 57.8 Å². The summed E-state index contributed by atoms with van der Waals surface area (Å²) in [7, 11) is 0. The number of carbonyl (C=O) groups is 2. The number of carbonyl (C=O) groups excluding carboxylic acids is 2. The van der Waals surface area contributed by atoms with Gasteiger partial charge in [-0.3, -0.25) is 9.59 Å². The molecule has 0 aromatic carbocycles. The predicted molar refractivity (Wildman–Crippen MR) is 338 cm³/mol. The molecule has 3 N–H and O–H groups in total. The van der Waals surface area contributed by atoms with Crippen molar-refractivity contribution in [3.8, 4) is 0 Å². The molecule has 0 saturated heterocycles. The molecular formula is C71H137NO5. The molecule has 0 aromatic heterocycles. The largest absolute Gasteiger partial charge is 0.466 e. The smallest absolute Gasteiger partial charge is 0.305 e. The number of unbranched alkanes of at least 4 members (excludes halogenated alkanes) is 53. The molecule has 0 saturated carbocycles. The van der Waals surface area contributed by atoms with Crippen molar-refractivity contribution in [1.82, 2.24) is 5.32 Å². The number of nitrogens with one attached hydrogen (secondary N) is 1. The Balaban J connectivity index is 3.42. The van der Waals surface area contributed by atoms with Crippen LogP contribution in [0.4, 0.5) is 0 Å². The summed E-state index contributed by atoms with van der Waals surface area (Å²) in [6.45, 7) is 4.93. The van der Waals surface area contributed by atoms with Gasteiger partial charge in [-0.2, -0.15) is 0 Å². The number of hydrogen-bond acceptors (Lipinski definition) is 5. The van der Waals surface area contributed by atoms with Crippen molar-refractivity contribution < 1.29 is 24.5 Å². The monoisotopic (exact) mass is 1080 g/mol. The summed E-state index contributed by atoms with van der Waals surface area (Å²) in [5.41, 5.74) is 0. The lowest BCUT2D eigenvalue weighted by Gasteiger charge is -2.20. The minimum absolute atomic E-state index is 0.00197. The van der Waals surface area contributed by atoms with E-state index in [4.69, 9.17) is 4.74 Å². The number of allylic oxidation sites excluding steroid dienone is 3. The summed E-state index contributed by atoms with van der Waals surface area (Å²) < 4.78 is 5.49. The molecule has 0 heterocycles. The molecule has 0 aromatic rings. The van der Waals surface area contributed by atoms with Crippen LogP contribution in [0.3, 0.4) is 0 Å². The molecular weight excluding hydrogens is 947 g/mol. The quantitative estimate of drug-likeness (QED) is 0.0320. The maximum Gasteiger partial charge on any atom is 0.305 e. The maximum absolute atomic E-state index is 12.5. The zero-order valence-electron chi connectivity index (χ0n) is 52.2. The van der Waals surface area contributed by atoms with Crippen molar-refractivity contribution in [2.75, 3.05) is 13.2 Å². The molecule has 0 aliphatic carbocycles. The maximum atomic E-state index is 12.5. The first-order valence-corrected chi connectivity index (χ1v) is 35.1. The first-order chi connectivity index (χ1) is 38.0. The Morgan fingerprint density at radius 2 is 0.610 bits per heavy atom. The third kappa shape index (κ3) is 63.4. The Kier molecular flexibility index (Phi) is 65.4. The van der Waals surface area contributed by atoms with E-state index in [0.717, 1.165) is 44.9 Å². The first kappa shape index (κ1) is 75.3. The number of aliphatic hydroxyl groups excluding tert-OH is 2. The fourth-order valence-corrected chi connectivity index (χ4v) is 11.1. The van der Waals surface area contributed by atoms with Gasteiger partial charge in [-0.15, -0.1) is 0 Å². The van der Waals surface area contributed by atoms with E-state index in [9.17, 15) is 19.8 Å².